The molecule has 0 aromatic carbocycles. The van der Waals surface area contributed by atoms with Gasteiger partial charge in [-0.3, -0.25) is 19.2 Å². The van der Waals surface area contributed by atoms with Crippen molar-refractivity contribution >= 4 is 18.0 Å². The maximum absolute atomic E-state index is 11.9. The molecule has 0 bridgehead atoms. The Kier molecular flexibility index (Phi) is 11.2. The zero-order valence-corrected chi connectivity index (χ0v) is 20.2. The molecule has 0 aliphatic carbocycles. The number of aliphatic carboxylic acids is 1. The number of amides is 1. The van der Waals surface area contributed by atoms with Crippen molar-refractivity contribution in [3.63, 3.8) is 0 Å². The van der Waals surface area contributed by atoms with Gasteiger partial charge in [0.25, 0.3) is 0 Å². The molecular weight excluding hydrogens is 416 g/mol. The van der Waals surface area contributed by atoms with Gasteiger partial charge in [0.2, 0.25) is 0 Å². The van der Waals surface area contributed by atoms with Gasteiger partial charge in [0.15, 0.2) is 0 Å². The second kappa shape index (κ2) is 13.0. The molecule has 0 aliphatic rings. The Morgan fingerprint density at radius 2 is 1.84 bits per heavy atom. The molecule has 1 rings (SSSR count). The van der Waals surface area contributed by atoms with Gasteiger partial charge in [0.05, 0.1) is 25.3 Å². The van der Waals surface area contributed by atoms with Gasteiger partial charge in [-0.05, 0) is 54.5 Å². The maximum Gasteiger partial charge on any atom is 0.407 e. The number of esters is 1. The van der Waals surface area contributed by atoms with Crippen LogP contribution < -0.4 is 5.32 Å². The third kappa shape index (κ3) is 10.6. The van der Waals surface area contributed by atoms with Crippen LogP contribution in [0.25, 0.3) is 0 Å². The number of nitrogens with one attached hydrogen (secondary N) is 1. The van der Waals surface area contributed by atoms with Gasteiger partial charge < -0.3 is 19.9 Å². The van der Waals surface area contributed by atoms with Crippen molar-refractivity contribution in [1.29, 1.82) is 0 Å². The van der Waals surface area contributed by atoms with Gasteiger partial charge in [-0.1, -0.05) is 0 Å². The van der Waals surface area contributed by atoms with Gasteiger partial charge in [-0.15, -0.1) is 0 Å². The molecule has 0 atom stereocenters. The first-order valence-corrected chi connectivity index (χ1v) is 11.0. The molecular formula is C22H38N4O6. The van der Waals surface area contributed by atoms with E-state index >= 15 is 0 Å². The molecule has 0 unspecified atom stereocenters. The first-order valence-electron chi connectivity index (χ1n) is 11.0. The summed E-state index contributed by atoms with van der Waals surface area (Å²) in [6.07, 6.45) is 0.431. The monoisotopic (exact) mass is 454 g/mol. The Morgan fingerprint density at radius 1 is 1.16 bits per heavy atom. The Hall–Kier alpha value is -2.62. The van der Waals surface area contributed by atoms with Crippen molar-refractivity contribution < 1.29 is 29.0 Å². The highest BCUT2D eigenvalue weighted by atomic mass is 16.6. The molecule has 0 aliphatic heterocycles. The molecule has 1 aromatic rings. The molecule has 0 spiro atoms. The lowest BCUT2D eigenvalue weighted by molar-refractivity contribution is -0.143. The zero-order valence-electron chi connectivity index (χ0n) is 20.2. The highest BCUT2D eigenvalue weighted by Crippen LogP contribution is 2.14. The summed E-state index contributed by atoms with van der Waals surface area (Å²) in [6, 6.07) is 0. The van der Waals surface area contributed by atoms with Gasteiger partial charge >= 0.3 is 18.0 Å². The minimum atomic E-state index is -0.885. The fourth-order valence-electron chi connectivity index (χ4n) is 3.24. The molecule has 0 radical (unpaired) electrons. The highest BCUT2D eigenvalue weighted by molar-refractivity contribution is 5.71. The summed E-state index contributed by atoms with van der Waals surface area (Å²) in [6.45, 7) is 14.1. The summed E-state index contributed by atoms with van der Waals surface area (Å²) in [5, 5.41) is 16.3. The molecule has 2 N–H and O–H groups in total. The molecule has 182 valence electrons. The second-order valence-corrected chi connectivity index (χ2v) is 8.62. The summed E-state index contributed by atoms with van der Waals surface area (Å²) >= 11 is 0. The number of alkyl carbamates (subject to hydrolysis) is 1. The van der Waals surface area contributed by atoms with E-state index in [4.69, 9.17) is 14.6 Å². The number of nitrogens with zero attached hydrogens (tertiary/aromatic N) is 3. The third-order valence-electron chi connectivity index (χ3n) is 4.74. The number of carbonyl (C=O) groups excluding carboxylic acids is 2. The van der Waals surface area contributed by atoms with Gasteiger partial charge in [0, 0.05) is 37.3 Å². The predicted octanol–water partition coefficient (Wildman–Crippen LogP) is 2.30. The zero-order chi connectivity index (χ0) is 24.3. The fourth-order valence-corrected chi connectivity index (χ4v) is 3.24. The average Bonchev–Trinajstić information content (AvgIpc) is 2.91. The molecule has 10 heteroatoms. The number of hydrogen-bond donors (Lipinski definition) is 2. The number of aromatic nitrogens is 2. The first kappa shape index (κ1) is 27.4. The van der Waals surface area contributed by atoms with E-state index in [1.807, 2.05) is 18.5 Å². The number of rotatable bonds is 13. The minimum Gasteiger partial charge on any atom is -0.481 e. The number of ether oxygens (including phenoxy) is 2. The molecule has 10 nitrogen and oxygen atoms in total. The van der Waals surface area contributed by atoms with Crippen molar-refractivity contribution in [2.24, 2.45) is 0 Å². The lowest BCUT2D eigenvalue weighted by atomic mass is 10.1. The van der Waals surface area contributed by atoms with E-state index in [1.54, 1.807) is 27.7 Å². The Labute approximate surface area is 190 Å². The van der Waals surface area contributed by atoms with E-state index < -0.39 is 17.7 Å². The van der Waals surface area contributed by atoms with Crippen LogP contribution >= 0.6 is 0 Å². The van der Waals surface area contributed by atoms with E-state index in [0.717, 1.165) is 11.3 Å². The largest absolute Gasteiger partial charge is 0.481 e. The third-order valence-corrected chi connectivity index (χ3v) is 4.74. The highest BCUT2D eigenvalue weighted by Gasteiger charge is 2.17. The number of carboxylic acid groups (broad SMARTS) is 1. The fraction of sp³-hybridized carbons (Fsp3) is 0.727. The standard InChI is InChI=1S/C22H38N4O6/c1-7-31-20(29)9-8-11-25(12-10-23-21(30)32-22(4,5)6)13-14-26-17(3)18(15-19(27)28)16(2)24-26/h7-15H2,1-6H3,(H,23,30)(H,27,28). The smallest absolute Gasteiger partial charge is 0.407 e. The number of carboxylic acids is 1. The number of carbonyl (C=O) groups is 3. The Balaban J connectivity index is 2.68. The number of hydrogen-bond acceptors (Lipinski definition) is 7. The van der Waals surface area contributed by atoms with Crippen LogP contribution in [0.1, 0.15) is 57.5 Å². The van der Waals surface area contributed by atoms with Crippen LogP contribution in [0, 0.1) is 13.8 Å². The number of aryl methyl sites for hydroxylation is 1. The van der Waals surface area contributed by atoms with Crippen molar-refractivity contribution in [3.8, 4) is 0 Å². The van der Waals surface area contributed by atoms with E-state index in [2.05, 4.69) is 15.3 Å². The molecule has 1 aromatic heterocycles. The molecule has 0 saturated carbocycles. The summed E-state index contributed by atoms with van der Waals surface area (Å²) in [5.74, 6) is -1.11. The minimum absolute atomic E-state index is 0.0548. The average molecular weight is 455 g/mol. The van der Waals surface area contributed by atoms with Crippen LogP contribution in [0.15, 0.2) is 0 Å². The Morgan fingerprint density at radius 3 is 2.44 bits per heavy atom. The van der Waals surface area contributed by atoms with Gasteiger partial charge in [0.1, 0.15) is 5.60 Å². The van der Waals surface area contributed by atoms with E-state index in [0.29, 0.717) is 57.9 Å². The van der Waals surface area contributed by atoms with Crippen LogP contribution in [0.3, 0.4) is 0 Å². The maximum atomic E-state index is 11.9. The van der Waals surface area contributed by atoms with Gasteiger partial charge in [-0.25, -0.2) is 4.79 Å². The second-order valence-electron chi connectivity index (χ2n) is 8.62. The van der Waals surface area contributed by atoms with E-state index in [9.17, 15) is 14.4 Å². The summed E-state index contributed by atoms with van der Waals surface area (Å²) in [7, 11) is 0. The van der Waals surface area contributed by atoms with Crippen LogP contribution in [0.5, 0.6) is 0 Å². The van der Waals surface area contributed by atoms with Crippen molar-refractivity contribution in [3.05, 3.63) is 17.0 Å². The Bertz CT molecular complexity index is 769. The summed E-state index contributed by atoms with van der Waals surface area (Å²) in [4.78, 5) is 36.8. The lowest BCUT2D eigenvalue weighted by Crippen LogP contribution is -2.39. The first-order chi connectivity index (χ1) is 14.9. The quantitative estimate of drug-likeness (QED) is 0.435. The summed E-state index contributed by atoms with van der Waals surface area (Å²) in [5.41, 5.74) is 1.72. The van der Waals surface area contributed by atoms with E-state index in [1.165, 1.54) is 0 Å². The normalized spacial score (nSPS) is 11.5. The van der Waals surface area contributed by atoms with Crippen LogP contribution in [-0.4, -0.2) is 76.2 Å². The predicted molar refractivity (Wildman–Crippen MR) is 120 cm³/mol. The van der Waals surface area contributed by atoms with Gasteiger partial charge in [-0.2, -0.15) is 5.10 Å². The SMILES string of the molecule is CCOC(=O)CCCN(CCNC(=O)OC(C)(C)C)CCn1nc(C)c(CC(=O)O)c1C. The molecule has 0 fully saturated rings. The van der Waals surface area contributed by atoms with E-state index in [-0.39, 0.29) is 12.4 Å². The lowest BCUT2D eigenvalue weighted by Gasteiger charge is -2.24. The molecule has 1 heterocycles. The molecule has 0 saturated heterocycles. The summed E-state index contributed by atoms with van der Waals surface area (Å²) < 4.78 is 12.1. The van der Waals surface area contributed by atoms with Crippen molar-refractivity contribution in [2.45, 2.75) is 73.0 Å². The van der Waals surface area contributed by atoms with Crippen LogP contribution in [0.2, 0.25) is 0 Å². The topological polar surface area (TPSA) is 123 Å². The molecule has 1 amide bonds. The van der Waals surface area contributed by atoms with Crippen LogP contribution in [0.4, 0.5) is 4.79 Å². The van der Waals surface area contributed by atoms with Crippen LogP contribution in [-0.2, 0) is 32.0 Å². The molecule has 32 heavy (non-hydrogen) atoms. The van der Waals surface area contributed by atoms with Crippen molar-refractivity contribution in [1.82, 2.24) is 20.0 Å². The van der Waals surface area contributed by atoms with Crippen molar-refractivity contribution in [2.75, 3.05) is 32.8 Å².